The molecule has 2 heterocycles. The number of carbonyl (C=O) groups excluding carboxylic acids is 1. The van der Waals surface area contributed by atoms with E-state index in [1.807, 2.05) is 48.7 Å². The molecule has 2 unspecified atom stereocenters. The van der Waals surface area contributed by atoms with Crippen LogP contribution >= 0.6 is 0 Å². The van der Waals surface area contributed by atoms with Crippen LogP contribution in [0.1, 0.15) is 37.7 Å². The molecule has 0 spiro atoms. The first-order chi connectivity index (χ1) is 19.4. The van der Waals surface area contributed by atoms with E-state index in [-0.39, 0.29) is 18.0 Å². The number of anilines is 1. The SMILES string of the molecule is O=C(CCCc1c[nH]c2ccccc12)NCCCCC(C(=O)O)N(c1ccc2oc3ccccc3c2c1)S(=O)[O-]. The molecule has 208 valence electrons. The summed E-state index contributed by atoms with van der Waals surface area (Å²) in [6.07, 6.45) is 4.94. The number of rotatable bonds is 13. The first-order valence-corrected chi connectivity index (χ1v) is 14.3. The Morgan fingerprint density at radius 3 is 2.52 bits per heavy atom. The second-order valence-electron chi connectivity index (χ2n) is 9.73. The molecule has 0 saturated carbocycles. The number of furan rings is 1. The smallest absolute Gasteiger partial charge is 0.327 e. The number of carboxylic acid groups (broad SMARTS) is 1. The summed E-state index contributed by atoms with van der Waals surface area (Å²) in [5.74, 6) is -1.29. The van der Waals surface area contributed by atoms with Crippen molar-refractivity contribution in [3.8, 4) is 0 Å². The molecule has 9 nitrogen and oxygen atoms in total. The van der Waals surface area contributed by atoms with Crippen LogP contribution in [0.3, 0.4) is 0 Å². The molecule has 2 aromatic heterocycles. The van der Waals surface area contributed by atoms with Crippen LogP contribution in [0.15, 0.2) is 77.3 Å². The molecule has 3 aromatic carbocycles. The number of aromatic nitrogens is 1. The van der Waals surface area contributed by atoms with Crippen LogP contribution in [0.5, 0.6) is 0 Å². The van der Waals surface area contributed by atoms with Gasteiger partial charge in [0.15, 0.2) is 0 Å². The minimum atomic E-state index is -2.81. The number of H-pyrrole nitrogens is 1. The molecule has 3 N–H and O–H groups in total. The van der Waals surface area contributed by atoms with Crippen LogP contribution in [0.2, 0.25) is 0 Å². The maximum Gasteiger partial charge on any atom is 0.327 e. The zero-order chi connectivity index (χ0) is 28.1. The average Bonchev–Trinajstić information content (AvgIpc) is 3.53. The summed E-state index contributed by atoms with van der Waals surface area (Å²) in [6.45, 7) is 0.395. The number of benzene rings is 3. The van der Waals surface area contributed by atoms with Gasteiger partial charge in [-0.25, -0.2) is 4.79 Å². The van der Waals surface area contributed by atoms with Crippen molar-refractivity contribution in [1.82, 2.24) is 10.3 Å². The first kappa shape index (κ1) is 27.4. The lowest BCUT2D eigenvalue weighted by Gasteiger charge is -2.32. The quantitative estimate of drug-likeness (QED) is 0.130. The van der Waals surface area contributed by atoms with Crippen molar-refractivity contribution < 1.29 is 27.9 Å². The van der Waals surface area contributed by atoms with E-state index in [9.17, 15) is 23.5 Å². The molecule has 5 aromatic rings. The normalized spacial score (nSPS) is 13.0. The van der Waals surface area contributed by atoms with Crippen molar-refractivity contribution in [3.63, 3.8) is 0 Å². The number of fused-ring (bicyclic) bond motifs is 4. The van der Waals surface area contributed by atoms with Gasteiger partial charge in [0.2, 0.25) is 5.91 Å². The van der Waals surface area contributed by atoms with Crippen molar-refractivity contribution in [3.05, 3.63) is 78.5 Å². The fourth-order valence-corrected chi connectivity index (χ4v) is 5.81. The summed E-state index contributed by atoms with van der Waals surface area (Å²) in [5, 5.41) is 15.5. The van der Waals surface area contributed by atoms with E-state index in [2.05, 4.69) is 16.4 Å². The Labute approximate surface area is 233 Å². The Morgan fingerprint density at radius 2 is 1.73 bits per heavy atom. The monoisotopic (exact) mass is 560 g/mol. The molecule has 40 heavy (non-hydrogen) atoms. The number of carboxylic acids is 1. The van der Waals surface area contributed by atoms with Crippen molar-refractivity contribution in [2.24, 2.45) is 0 Å². The van der Waals surface area contributed by atoms with Gasteiger partial charge in [-0.2, -0.15) is 0 Å². The maximum absolute atomic E-state index is 12.3. The zero-order valence-corrected chi connectivity index (χ0v) is 22.6. The van der Waals surface area contributed by atoms with E-state index in [4.69, 9.17) is 4.42 Å². The molecule has 0 aliphatic heterocycles. The number of hydrogen-bond acceptors (Lipinski definition) is 5. The van der Waals surface area contributed by atoms with E-state index >= 15 is 0 Å². The zero-order valence-electron chi connectivity index (χ0n) is 21.8. The van der Waals surface area contributed by atoms with Gasteiger partial charge in [-0.15, -0.1) is 0 Å². The predicted molar refractivity (Wildman–Crippen MR) is 155 cm³/mol. The summed E-state index contributed by atoms with van der Waals surface area (Å²) in [7, 11) is 0. The minimum Gasteiger partial charge on any atom is -0.755 e. The Bertz CT molecular complexity index is 1680. The number of nitrogens with zero attached hydrogens (tertiary/aromatic N) is 1. The number of nitrogens with one attached hydrogen (secondary N) is 2. The van der Waals surface area contributed by atoms with Crippen LogP contribution in [-0.2, 0) is 27.3 Å². The summed E-state index contributed by atoms with van der Waals surface area (Å²) >= 11 is -2.81. The van der Waals surface area contributed by atoms with Gasteiger partial charge in [0.1, 0.15) is 17.2 Å². The highest BCUT2D eigenvalue weighted by Crippen LogP contribution is 2.33. The highest BCUT2D eigenvalue weighted by Gasteiger charge is 2.27. The molecule has 10 heteroatoms. The molecule has 2 atom stereocenters. The number of unbranched alkanes of at least 4 members (excludes halogenated alkanes) is 1. The Hall–Kier alpha value is -4.15. The largest absolute Gasteiger partial charge is 0.755 e. The predicted octanol–water partition coefficient (Wildman–Crippen LogP) is 5.43. The summed E-state index contributed by atoms with van der Waals surface area (Å²) < 4.78 is 31.1. The van der Waals surface area contributed by atoms with E-state index in [0.29, 0.717) is 42.4 Å². The molecule has 5 rings (SSSR count). The molecule has 0 bridgehead atoms. The molecular formula is C30H30N3O6S-. The van der Waals surface area contributed by atoms with Crippen molar-refractivity contribution in [1.29, 1.82) is 0 Å². The molecule has 0 fully saturated rings. The summed E-state index contributed by atoms with van der Waals surface area (Å²) in [4.78, 5) is 27.6. The van der Waals surface area contributed by atoms with Crippen LogP contribution in [0, 0.1) is 0 Å². The third kappa shape index (κ3) is 6.03. The number of aryl methyl sites for hydroxylation is 1. The fraction of sp³-hybridized carbons (Fsp3) is 0.267. The van der Waals surface area contributed by atoms with Gasteiger partial charge in [0, 0.05) is 52.1 Å². The topological polar surface area (TPSA) is 139 Å². The second-order valence-corrected chi connectivity index (χ2v) is 10.6. The molecular weight excluding hydrogens is 530 g/mol. The molecule has 0 radical (unpaired) electrons. The lowest BCUT2D eigenvalue weighted by molar-refractivity contribution is -0.138. The van der Waals surface area contributed by atoms with Gasteiger partial charge in [0.05, 0.1) is 5.69 Å². The Balaban J connectivity index is 1.13. The van der Waals surface area contributed by atoms with E-state index in [0.717, 1.165) is 28.0 Å². The highest BCUT2D eigenvalue weighted by molar-refractivity contribution is 7.80. The minimum absolute atomic E-state index is 0.0578. The summed E-state index contributed by atoms with van der Waals surface area (Å²) in [6, 6.07) is 19.0. The number of aromatic amines is 1. The van der Waals surface area contributed by atoms with Crippen molar-refractivity contribution >= 4 is 61.7 Å². The van der Waals surface area contributed by atoms with Crippen molar-refractivity contribution in [2.75, 3.05) is 10.8 Å². The molecule has 1 amide bonds. The van der Waals surface area contributed by atoms with Gasteiger partial charge >= 0.3 is 5.97 Å². The van der Waals surface area contributed by atoms with Crippen LogP contribution in [0.25, 0.3) is 32.8 Å². The number of para-hydroxylation sites is 2. The number of carbonyl (C=O) groups is 2. The van der Waals surface area contributed by atoms with E-state index in [1.165, 1.54) is 10.9 Å². The third-order valence-corrected chi connectivity index (χ3v) is 7.88. The standard InChI is InChI=1S/C30H31N3O6S/c34-29(14-7-8-20-19-32-25-11-3-1-9-22(20)25)31-17-6-5-12-26(30(35)36)33(40(37)38)21-15-16-28-24(18-21)23-10-2-4-13-27(23)39-28/h1-4,9-11,13,15-16,18-19,26,32H,5-8,12,14,17H2,(H,31,34)(H,35,36)(H,37,38)/p-1. The fourth-order valence-electron chi connectivity index (χ4n) is 5.12. The third-order valence-electron chi connectivity index (χ3n) is 7.09. The van der Waals surface area contributed by atoms with Gasteiger partial charge in [-0.3, -0.25) is 13.3 Å². The maximum atomic E-state index is 12.3. The van der Waals surface area contributed by atoms with Crippen LogP contribution < -0.4 is 9.62 Å². The molecule has 0 aliphatic carbocycles. The Morgan fingerprint density at radius 1 is 0.975 bits per heavy atom. The van der Waals surface area contributed by atoms with Crippen molar-refractivity contribution in [2.45, 2.75) is 44.6 Å². The number of aliphatic carboxylic acids is 1. The molecule has 0 saturated heterocycles. The van der Waals surface area contributed by atoms with Gasteiger partial charge in [-0.1, -0.05) is 36.4 Å². The van der Waals surface area contributed by atoms with E-state index < -0.39 is 23.3 Å². The first-order valence-electron chi connectivity index (χ1n) is 13.3. The van der Waals surface area contributed by atoms with E-state index in [1.54, 1.807) is 18.2 Å². The number of amides is 1. The number of hydrogen-bond donors (Lipinski definition) is 3. The van der Waals surface area contributed by atoms with Gasteiger partial charge < -0.3 is 24.4 Å². The molecule has 0 aliphatic rings. The van der Waals surface area contributed by atoms with Crippen LogP contribution in [-0.4, -0.2) is 43.3 Å². The lowest BCUT2D eigenvalue weighted by atomic mass is 10.1. The Kier molecular flexibility index (Phi) is 8.47. The van der Waals surface area contributed by atoms with Gasteiger partial charge in [-0.05, 0) is 68.0 Å². The van der Waals surface area contributed by atoms with Gasteiger partial charge in [0.25, 0.3) is 0 Å². The summed E-state index contributed by atoms with van der Waals surface area (Å²) in [5.41, 5.74) is 3.77. The lowest BCUT2D eigenvalue weighted by Crippen LogP contribution is -2.42. The second kappa shape index (κ2) is 12.4. The average molecular weight is 561 g/mol. The highest BCUT2D eigenvalue weighted by atomic mass is 32.2. The van der Waals surface area contributed by atoms with Crippen LogP contribution in [0.4, 0.5) is 5.69 Å².